The fourth-order valence-corrected chi connectivity index (χ4v) is 2.14. The van der Waals surface area contributed by atoms with Crippen LogP contribution in [-0.4, -0.2) is 16.2 Å². The molecule has 0 unspecified atom stereocenters. The number of ether oxygens (including phenoxy) is 1. The SMILES string of the molecule is COc1cc(C)ccc1NCc1cn(C)c(=O)n(C)c1=O. The fourth-order valence-electron chi connectivity index (χ4n) is 2.14. The Labute approximate surface area is 122 Å². The lowest BCUT2D eigenvalue weighted by Gasteiger charge is -2.12. The van der Waals surface area contributed by atoms with Gasteiger partial charge in [0.25, 0.3) is 5.56 Å². The summed E-state index contributed by atoms with van der Waals surface area (Å²) in [4.78, 5) is 23.7. The summed E-state index contributed by atoms with van der Waals surface area (Å²) in [6.45, 7) is 2.30. The smallest absolute Gasteiger partial charge is 0.330 e. The Kier molecular flexibility index (Phi) is 4.16. The van der Waals surface area contributed by atoms with Crippen LogP contribution in [-0.2, 0) is 20.6 Å². The Morgan fingerprint density at radius 2 is 1.95 bits per heavy atom. The second-order valence-electron chi connectivity index (χ2n) is 4.97. The maximum atomic E-state index is 12.0. The van der Waals surface area contributed by atoms with E-state index in [1.165, 1.54) is 11.6 Å². The Hall–Kier alpha value is -2.50. The third-order valence-electron chi connectivity index (χ3n) is 3.34. The van der Waals surface area contributed by atoms with E-state index < -0.39 is 0 Å². The lowest BCUT2D eigenvalue weighted by molar-refractivity contribution is 0.416. The molecule has 0 spiro atoms. The van der Waals surface area contributed by atoms with Crippen LogP contribution in [0.1, 0.15) is 11.1 Å². The van der Waals surface area contributed by atoms with Gasteiger partial charge in [-0.05, 0) is 24.6 Å². The van der Waals surface area contributed by atoms with Gasteiger partial charge in [-0.1, -0.05) is 6.07 Å². The summed E-state index contributed by atoms with van der Waals surface area (Å²) < 4.78 is 7.80. The number of methoxy groups -OCH3 is 1. The van der Waals surface area contributed by atoms with Gasteiger partial charge in [0, 0.05) is 26.8 Å². The molecule has 0 aliphatic carbocycles. The zero-order valence-corrected chi connectivity index (χ0v) is 12.6. The molecule has 1 aromatic carbocycles. The van der Waals surface area contributed by atoms with Crippen LogP contribution in [0.4, 0.5) is 5.69 Å². The minimum atomic E-state index is -0.336. The topological polar surface area (TPSA) is 65.3 Å². The predicted octanol–water partition coefficient (Wildman–Crippen LogP) is 1.01. The van der Waals surface area contributed by atoms with Crippen molar-refractivity contribution in [1.29, 1.82) is 0 Å². The fraction of sp³-hybridized carbons (Fsp3) is 0.333. The van der Waals surface area contributed by atoms with Crippen LogP contribution in [0.5, 0.6) is 5.75 Å². The number of hydrogen-bond acceptors (Lipinski definition) is 4. The van der Waals surface area contributed by atoms with E-state index in [0.29, 0.717) is 12.1 Å². The predicted molar refractivity (Wildman–Crippen MR) is 82.0 cm³/mol. The molecule has 6 heteroatoms. The number of aryl methyl sites for hydroxylation is 2. The van der Waals surface area contributed by atoms with Crippen molar-refractivity contribution in [3.8, 4) is 5.75 Å². The van der Waals surface area contributed by atoms with Gasteiger partial charge >= 0.3 is 5.69 Å². The van der Waals surface area contributed by atoms with E-state index in [1.54, 1.807) is 20.4 Å². The highest BCUT2D eigenvalue weighted by atomic mass is 16.5. The highest BCUT2D eigenvalue weighted by Crippen LogP contribution is 2.25. The van der Waals surface area contributed by atoms with E-state index in [1.807, 2.05) is 25.1 Å². The number of benzene rings is 1. The lowest BCUT2D eigenvalue weighted by Crippen LogP contribution is -2.38. The van der Waals surface area contributed by atoms with Crippen molar-refractivity contribution in [2.45, 2.75) is 13.5 Å². The minimum absolute atomic E-state index is 0.295. The van der Waals surface area contributed by atoms with E-state index >= 15 is 0 Å². The number of nitrogens with zero attached hydrogens (tertiary/aromatic N) is 2. The molecule has 0 fully saturated rings. The molecule has 0 aliphatic heterocycles. The van der Waals surface area contributed by atoms with E-state index in [-0.39, 0.29) is 11.2 Å². The van der Waals surface area contributed by atoms with Crippen LogP contribution >= 0.6 is 0 Å². The van der Waals surface area contributed by atoms with Gasteiger partial charge in [-0.3, -0.25) is 9.36 Å². The van der Waals surface area contributed by atoms with E-state index in [9.17, 15) is 9.59 Å². The normalized spacial score (nSPS) is 10.5. The van der Waals surface area contributed by atoms with E-state index in [0.717, 1.165) is 21.6 Å². The Morgan fingerprint density at radius 3 is 2.62 bits per heavy atom. The van der Waals surface area contributed by atoms with E-state index in [2.05, 4.69) is 5.32 Å². The summed E-state index contributed by atoms with van der Waals surface area (Å²) in [5.41, 5.74) is 1.78. The lowest BCUT2D eigenvalue weighted by atomic mass is 10.2. The molecule has 0 saturated heterocycles. The standard InChI is InChI=1S/C15H19N3O3/c1-10-5-6-12(13(7-10)21-4)16-8-11-9-17(2)15(20)18(3)14(11)19/h5-7,9,16H,8H2,1-4H3. The minimum Gasteiger partial charge on any atom is -0.495 e. The first-order valence-corrected chi connectivity index (χ1v) is 6.58. The van der Waals surface area contributed by atoms with Gasteiger partial charge in [0.05, 0.1) is 18.4 Å². The van der Waals surface area contributed by atoms with Gasteiger partial charge < -0.3 is 14.6 Å². The number of hydrogen-bond donors (Lipinski definition) is 1. The van der Waals surface area contributed by atoms with Crippen molar-refractivity contribution in [3.63, 3.8) is 0 Å². The second-order valence-corrected chi connectivity index (χ2v) is 4.97. The molecule has 2 aromatic rings. The highest BCUT2D eigenvalue weighted by molar-refractivity contribution is 5.57. The van der Waals surface area contributed by atoms with Crippen molar-refractivity contribution < 1.29 is 4.74 Å². The van der Waals surface area contributed by atoms with Crippen molar-refractivity contribution in [2.24, 2.45) is 14.1 Å². The Morgan fingerprint density at radius 1 is 1.24 bits per heavy atom. The van der Waals surface area contributed by atoms with Gasteiger partial charge in [0.2, 0.25) is 0 Å². The first-order chi connectivity index (χ1) is 9.93. The van der Waals surface area contributed by atoms with Crippen LogP contribution in [0, 0.1) is 6.92 Å². The first kappa shape index (κ1) is 14.9. The monoisotopic (exact) mass is 289 g/mol. The average Bonchev–Trinajstić information content (AvgIpc) is 2.48. The molecule has 0 aliphatic rings. The summed E-state index contributed by atoms with van der Waals surface area (Å²) in [6, 6.07) is 5.78. The van der Waals surface area contributed by atoms with Crippen molar-refractivity contribution in [1.82, 2.24) is 9.13 Å². The third-order valence-corrected chi connectivity index (χ3v) is 3.34. The number of rotatable bonds is 4. The Balaban J connectivity index is 2.29. The molecule has 0 saturated carbocycles. The molecule has 0 amide bonds. The van der Waals surface area contributed by atoms with Crippen molar-refractivity contribution in [2.75, 3.05) is 12.4 Å². The van der Waals surface area contributed by atoms with E-state index in [4.69, 9.17) is 4.74 Å². The van der Waals surface area contributed by atoms with Gasteiger partial charge in [-0.15, -0.1) is 0 Å². The molecule has 0 atom stereocenters. The van der Waals surface area contributed by atoms with Gasteiger partial charge in [0.1, 0.15) is 5.75 Å². The molecule has 0 bridgehead atoms. The largest absolute Gasteiger partial charge is 0.495 e. The first-order valence-electron chi connectivity index (χ1n) is 6.58. The average molecular weight is 289 g/mol. The van der Waals surface area contributed by atoms with Crippen LogP contribution in [0.2, 0.25) is 0 Å². The summed E-state index contributed by atoms with van der Waals surface area (Å²) in [5.74, 6) is 0.719. The highest BCUT2D eigenvalue weighted by Gasteiger charge is 2.08. The van der Waals surface area contributed by atoms with Crippen LogP contribution in [0.15, 0.2) is 34.0 Å². The zero-order valence-electron chi connectivity index (χ0n) is 12.6. The maximum Gasteiger partial charge on any atom is 0.330 e. The molecule has 2 rings (SSSR count). The molecule has 1 aromatic heterocycles. The summed E-state index contributed by atoms with van der Waals surface area (Å²) in [6.07, 6.45) is 1.55. The van der Waals surface area contributed by atoms with Crippen LogP contribution < -0.4 is 21.3 Å². The van der Waals surface area contributed by atoms with Crippen molar-refractivity contribution >= 4 is 5.69 Å². The maximum absolute atomic E-state index is 12.0. The van der Waals surface area contributed by atoms with Gasteiger partial charge in [-0.25, -0.2) is 4.79 Å². The van der Waals surface area contributed by atoms with Gasteiger partial charge in [-0.2, -0.15) is 0 Å². The summed E-state index contributed by atoms with van der Waals surface area (Å²) in [5, 5.41) is 3.17. The summed E-state index contributed by atoms with van der Waals surface area (Å²) in [7, 11) is 4.70. The zero-order chi connectivity index (χ0) is 15.6. The van der Waals surface area contributed by atoms with Crippen LogP contribution in [0.25, 0.3) is 0 Å². The molecule has 1 heterocycles. The molecular formula is C15H19N3O3. The second kappa shape index (κ2) is 5.87. The third kappa shape index (κ3) is 2.99. The number of anilines is 1. The number of nitrogens with one attached hydrogen (secondary N) is 1. The Bertz CT molecular complexity index is 775. The molecule has 1 N–H and O–H groups in total. The quantitative estimate of drug-likeness (QED) is 0.912. The van der Waals surface area contributed by atoms with Crippen LogP contribution in [0.3, 0.4) is 0 Å². The molecule has 6 nitrogen and oxygen atoms in total. The number of aromatic nitrogens is 2. The molecule has 0 radical (unpaired) electrons. The molecule has 112 valence electrons. The summed E-state index contributed by atoms with van der Waals surface area (Å²) >= 11 is 0. The van der Waals surface area contributed by atoms with Gasteiger partial charge in [0.15, 0.2) is 0 Å². The van der Waals surface area contributed by atoms with Crippen molar-refractivity contribution in [3.05, 3.63) is 56.4 Å². The molecule has 21 heavy (non-hydrogen) atoms. The molecular weight excluding hydrogens is 270 g/mol.